The minimum Gasteiger partial charge on any atom is -0.383 e. The van der Waals surface area contributed by atoms with Gasteiger partial charge in [-0.2, -0.15) is 0 Å². The van der Waals surface area contributed by atoms with E-state index in [-0.39, 0.29) is 16.3 Å². The Bertz CT molecular complexity index is 1030. The molecule has 0 amide bonds. The number of nitrogens with zero attached hydrogens (tertiary/aromatic N) is 2. The summed E-state index contributed by atoms with van der Waals surface area (Å²) in [5, 5.41) is 2.16. The van der Waals surface area contributed by atoms with Crippen molar-refractivity contribution in [1.82, 2.24) is 9.97 Å². The Morgan fingerprint density at radius 1 is 1.30 bits per heavy atom. The van der Waals surface area contributed by atoms with Crippen LogP contribution in [-0.4, -0.2) is 26.3 Å². The third-order valence-corrected chi connectivity index (χ3v) is 8.20. The lowest BCUT2D eigenvalue weighted by Gasteiger charge is -2.28. The molecule has 4 rings (SSSR count). The van der Waals surface area contributed by atoms with E-state index in [1.54, 1.807) is 35.6 Å². The zero-order valence-electron chi connectivity index (χ0n) is 14.9. The summed E-state index contributed by atoms with van der Waals surface area (Å²) in [6.45, 7) is 4.52. The van der Waals surface area contributed by atoms with Gasteiger partial charge in [0.15, 0.2) is 10.9 Å². The minimum absolute atomic E-state index is 0.0163. The predicted molar refractivity (Wildman–Crippen MR) is 117 cm³/mol. The van der Waals surface area contributed by atoms with Gasteiger partial charge in [-0.15, -0.1) is 23.1 Å². The Balaban J connectivity index is 1.57. The number of carbonyl (C=O) groups is 1. The van der Waals surface area contributed by atoms with E-state index in [2.05, 4.69) is 23.8 Å². The van der Waals surface area contributed by atoms with E-state index in [0.29, 0.717) is 21.6 Å². The molecule has 0 atom stereocenters. The van der Waals surface area contributed by atoms with E-state index >= 15 is 0 Å². The summed E-state index contributed by atoms with van der Waals surface area (Å²) >= 11 is 10.9. The van der Waals surface area contributed by atoms with Crippen molar-refractivity contribution in [3.8, 4) is 0 Å². The number of nitrogens with two attached hydrogens (primary N) is 1. The van der Waals surface area contributed by atoms with Crippen LogP contribution in [0.2, 0.25) is 5.02 Å². The molecule has 0 spiro atoms. The molecule has 0 unspecified atom stereocenters. The molecule has 1 aliphatic heterocycles. The number of rotatable bonds is 4. The minimum atomic E-state index is 0.0163. The molecule has 3 heterocycles. The summed E-state index contributed by atoms with van der Waals surface area (Å²) in [4.78, 5) is 23.8. The van der Waals surface area contributed by atoms with Crippen molar-refractivity contribution >= 4 is 68.3 Å². The molecule has 0 radical (unpaired) electrons. The third-order valence-electron chi connectivity index (χ3n) is 4.44. The molecule has 0 bridgehead atoms. The first kappa shape index (κ1) is 19.1. The largest absolute Gasteiger partial charge is 0.383 e. The smallest absolute Gasteiger partial charge is 0.191 e. The molecule has 0 aliphatic carbocycles. The van der Waals surface area contributed by atoms with Crippen molar-refractivity contribution < 1.29 is 4.79 Å². The first-order chi connectivity index (χ1) is 12.8. The van der Waals surface area contributed by atoms with Crippen LogP contribution < -0.4 is 5.73 Å². The molecular weight excluding hydrogens is 418 g/mol. The molecular formula is C19H18ClN3OS3. The number of hydrogen-bond acceptors (Lipinski definition) is 7. The molecule has 1 aromatic carbocycles. The van der Waals surface area contributed by atoms with Crippen LogP contribution in [0.15, 0.2) is 29.4 Å². The van der Waals surface area contributed by atoms with Crippen LogP contribution in [0, 0.1) is 0 Å². The van der Waals surface area contributed by atoms with Crippen LogP contribution in [0.1, 0.15) is 34.6 Å². The van der Waals surface area contributed by atoms with Gasteiger partial charge < -0.3 is 5.73 Å². The summed E-state index contributed by atoms with van der Waals surface area (Å²) in [5.74, 6) is 1.78. The fourth-order valence-corrected chi connectivity index (χ4v) is 6.34. The summed E-state index contributed by atoms with van der Waals surface area (Å²) in [6, 6.07) is 6.90. The van der Waals surface area contributed by atoms with Gasteiger partial charge in [0.1, 0.15) is 10.6 Å². The number of carbonyl (C=O) groups excluding carboxylic acids is 1. The molecule has 0 saturated heterocycles. The van der Waals surface area contributed by atoms with Crippen LogP contribution in [0.3, 0.4) is 0 Å². The lowest BCUT2D eigenvalue weighted by molar-refractivity contribution is 0.102. The second-order valence-corrected chi connectivity index (χ2v) is 11.2. The van der Waals surface area contributed by atoms with Gasteiger partial charge in [-0.1, -0.05) is 37.2 Å². The highest BCUT2D eigenvalue weighted by Gasteiger charge is 2.30. The lowest BCUT2D eigenvalue weighted by atomic mass is 9.99. The summed E-state index contributed by atoms with van der Waals surface area (Å²) in [7, 11) is 0. The van der Waals surface area contributed by atoms with Gasteiger partial charge in [0.25, 0.3) is 0 Å². The van der Waals surface area contributed by atoms with Crippen molar-refractivity contribution in [2.24, 2.45) is 0 Å². The number of ketones is 1. The van der Waals surface area contributed by atoms with Crippen molar-refractivity contribution in [2.75, 3.05) is 11.5 Å². The number of Topliss-reactive ketones (excluding diaryl/α,β-unsaturated/α-hetero) is 1. The third kappa shape index (κ3) is 3.97. The van der Waals surface area contributed by atoms with Gasteiger partial charge in [0.05, 0.1) is 11.1 Å². The molecule has 27 heavy (non-hydrogen) atoms. The number of anilines is 1. The zero-order valence-corrected chi connectivity index (χ0v) is 18.1. The summed E-state index contributed by atoms with van der Waals surface area (Å²) in [5.41, 5.74) is 8.21. The monoisotopic (exact) mass is 435 g/mol. The Kier molecular flexibility index (Phi) is 5.14. The van der Waals surface area contributed by atoms with E-state index in [1.807, 2.05) is 11.8 Å². The molecule has 2 aromatic heterocycles. The maximum Gasteiger partial charge on any atom is 0.191 e. The quantitative estimate of drug-likeness (QED) is 0.333. The molecule has 1 aliphatic rings. The van der Waals surface area contributed by atoms with Crippen molar-refractivity contribution in [3.63, 3.8) is 0 Å². The highest BCUT2D eigenvalue weighted by Crippen LogP contribution is 2.46. The van der Waals surface area contributed by atoms with Gasteiger partial charge in [-0.3, -0.25) is 4.79 Å². The standard InChI is InChI=1S/C19H18ClN3OS3/c1-19(2)7-12-14(9-26-19)27-17-15(12)16(21)22-18(23-17)25-8-13(24)10-3-5-11(20)6-4-10/h3-6H,7-9H2,1-2H3,(H2,21,22,23). The number of aromatic nitrogens is 2. The molecule has 0 fully saturated rings. The van der Waals surface area contributed by atoms with Crippen molar-refractivity contribution in [2.45, 2.75) is 35.9 Å². The lowest BCUT2D eigenvalue weighted by Crippen LogP contribution is -2.22. The molecule has 3 aromatic rings. The fraction of sp³-hybridized carbons (Fsp3) is 0.316. The summed E-state index contributed by atoms with van der Waals surface area (Å²) in [6.07, 6.45) is 0.974. The zero-order chi connectivity index (χ0) is 19.2. The van der Waals surface area contributed by atoms with E-state index in [0.717, 1.165) is 22.4 Å². The van der Waals surface area contributed by atoms with E-state index in [4.69, 9.17) is 17.3 Å². The van der Waals surface area contributed by atoms with E-state index in [1.165, 1.54) is 22.2 Å². The number of hydrogen-bond donors (Lipinski definition) is 1. The van der Waals surface area contributed by atoms with Crippen LogP contribution >= 0.6 is 46.5 Å². The number of nitrogen functional groups attached to an aromatic ring is 1. The Hall–Kier alpha value is -1.28. The first-order valence-corrected chi connectivity index (χ1v) is 11.6. The highest BCUT2D eigenvalue weighted by atomic mass is 35.5. The van der Waals surface area contributed by atoms with Crippen molar-refractivity contribution in [3.05, 3.63) is 45.3 Å². The average Bonchev–Trinajstić information content (AvgIpc) is 2.97. The normalized spacial score (nSPS) is 15.7. The topological polar surface area (TPSA) is 68.9 Å². The first-order valence-electron chi connectivity index (χ1n) is 8.46. The fourth-order valence-electron chi connectivity index (χ4n) is 3.07. The number of thiophene rings is 1. The number of benzene rings is 1. The van der Waals surface area contributed by atoms with Gasteiger partial charge in [0.2, 0.25) is 0 Å². The van der Waals surface area contributed by atoms with Gasteiger partial charge >= 0.3 is 0 Å². The van der Waals surface area contributed by atoms with Gasteiger partial charge in [-0.05, 0) is 36.2 Å². The van der Waals surface area contributed by atoms with E-state index in [9.17, 15) is 4.79 Å². The highest BCUT2D eigenvalue weighted by molar-refractivity contribution is 8.00. The predicted octanol–water partition coefficient (Wildman–Crippen LogP) is 5.47. The second kappa shape index (κ2) is 7.28. The number of fused-ring (bicyclic) bond motifs is 3. The maximum absolute atomic E-state index is 12.4. The number of thioether (sulfide) groups is 2. The molecule has 4 nitrogen and oxygen atoms in total. The Morgan fingerprint density at radius 3 is 2.78 bits per heavy atom. The van der Waals surface area contributed by atoms with E-state index < -0.39 is 0 Å². The molecule has 8 heteroatoms. The SMILES string of the molecule is CC1(C)Cc2c(sc3nc(SCC(=O)c4ccc(Cl)cc4)nc(N)c23)CS1. The summed E-state index contributed by atoms with van der Waals surface area (Å²) < 4.78 is 0.200. The van der Waals surface area contributed by atoms with Gasteiger partial charge in [0, 0.05) is 26.0 Å². The molecule has 0 saturated carbocycles. The average molecular weight is 436 g/mol. The maximum atomic E-state index is 12.4. The van der Waals surface area contributed by atoms with Crippen LogP contribution in [0.25, 0.3) is 10.2 Å². The van der Waals surface area contributed by atoms with Gasteiger partial charge in [-0.25, -0.2) is 9.97 Å². The van der Waals surface area contributed by atoms with Crippen molar-refractivity contribution in [1.29, 1.82) is 0 Å². The molecule has 140 valence electrons. The van der Waals surface area contributed by atoms with Crippen LogP contribution in [-0.2, 0) is 12.2 Å². The van der Waals surface area contributed by atoms with Crippen LogP contribution in [0.4, 0.5) is 5.82 Å². The second-order valence-electron chi connectivity index (χ2n) is 7.02. The number of halogens is 1. The molecule has 2 N–H and O–H groups in total. The Labute approximate surface area is 175 Å². The Morgan fingerprint density at radius 2 is 2.04 bits per heavy atom. The van der Waals surface area contributed by atoms with Crippen LogP contribution in [0.5, 0.6) is 0 Å².